The van der Waals surface area contributed by atoms with Crippen molar-refractivity contribution >= 4 is 39.1 Å². The largest absolute Gasteiger partial charge is 1.00 e. The summed E-state index contributed by atoms with van der Waals surface area (Å²) >= 11 is 4.17. The smallest absolute Gasteiger partial charge is 0.162 e. The lowest BCUT2D eigenvalue weighted by atomic mass is 10.2. The molecule has 0 aromatic heterocycles. The molecular weight excluding hydrogens is 491 g/mol. The third kappa shape index (κ3) is 3.87. The van der Waals surface area contributed by atoms with Gasteiger partial charge in [0.15, 0.2) is 4.57 Å². The van der Waals surface area contributed by atoms with Crippen molar-refractivity contribution in [1.82, 2.24) is 0 Å². The molecule has 0 bridgehead atoms. The molecule has 0 saturated carbocycles. The molecule has 3 heteroatoms. The maximum atomic E-state index is 4.17. The van der Waals surface area contributed by atoms with Crippen LogP contribution in [-0.2, 0) is 0 Å². The van der Waals surface area contributed by atoms with Gasteiger partial charge in [-0.15, -0.1) is 0 Å². The lowest BCUT2D eigenvalue weighted by molar-refractivity contribution is -0.00000507. The highest BCUT2D eigenvalue weighted by molar-refractivity contribution is 9.10. The Morgan fingerprint density at radius 3 is 1.07 bits per heavy atom. The Morgan fingerprint density at radius 2 is 0.750 bits per heavy atom. The summed E-state index contributed by atoms with van der Waals surface area (Å²) in [5.74, 6) is 0. The molecule has 4 rings (SSSR count). The molecule has 4 aromatic rings. The third-order valence-electron chi connectivity index (χ3n) is 4.91. The Labute approximate surface area is 186 Å². The van der Waals surface area contributed by atoms with Crippen molar-refractivity contribution < 1.29 is 17.0 Å². The molecule has 0 heterocycles. The van der Waals surface area contributed by atoms with Gasteiger partial charge in [0.05, 0.1) is 0 Å². The molecule has 1 atom stereocenters. The fourth-order valence-corrected chi connectivity index (χ4v) is 10.3. The number of hydrogen-bond acceptors (Lipinski definition) is 0. The van der Waals surface area contributed by atoms with Gasteiger partial charge in [0.1, 0.15) is 23.2 Å². The fraction of sp³-hybridized carbons (Fsp3) is 0.0400. The van der Waals surface area contributed by atoms with Gasteiger partial charge in [0.25, 0.3) is 0 Å². The van der Waals surface area contributed by atoms with Crippen LogP contribution >= 0.6 is 23.2 Å². The maximum Gasteiger partial charge on any atom is 0.162 e. The van der Waals surface area contributed by atoms with Gasteiger partial charge in [0, 0.05) is 5.56 Å². The molecule has 0 aliphatic carbocycles. The van der Waals surface area contributed by atoms with Crippen LogP contribution in [0, 0.1) is 0 Å². The van der Waals surface area contributed by atoms with Gasteiger partial charge in [0.2, 0.25) is 0 Å². The van der Waals surface area contributed by atoms with Gasteiger partial charge >= 0.3 is 0 Å². The highest BCUT2D eigenvalue weighted by Gasteiger charge is 2.52. The van der Waals surface area contributed by atoms with E-state index in [0.29, 0.717) is 0 Å². The Bertz CT molecular complexity index is 877. The topological polar surface area (TPSA) is 0 Å². The van der Waals surface area contributed by atoms with Crippen LogP contribution in [-0.4, -0.2) is 0 Å². The molecule has 0 fully saturated rings. The summed E-state index contributed by atoms with van der Waals surface area (Å²) in [4.78, 5) is 0. The summed E-state index contributed by atoms with van der Waals surface area (Å²) < 4.78 is 0.193. The molecule has 0 nitrogen and oxygen atoms in total. The zero-order chi connectivity index (χ0) is 18.5. The van der Waals surface area contributed by atoms with Crippen molar-refractivity contribution in [2.75, 3.05) is 0 Å². The summed E-state index contributed by atoms with van der Waals surface area (Å²) in [5.41, 5.74) is 1.31. The van der Waals surface area contributed by atoms with Crippen molar-refractivity contribution in [3.05, 3.63) is 127 Å². The van der Waals surface area contributed by atoms with E-state index < -0.39 is 7.26 Å². The van der Waals surface area contributed by atoms with Crippen molar-refractivity contribution in [3.8, 4) is 0 Å². The monoisotopic (exact) mass is 510 g/mol. The predicted molar refractivity (Wildman–Crippen MR) is 123 cm³/mol. The van der Waals surface area contributed by atoms with Crippen LogP contribution < -0.4 is 32.9 Å². The molecule has 0 aliphatic heterocycles. The van der Waals surface area contributed by atoms with Gasteiger partial charge in [-0.2, -0.15) is 0 Å². The molecule has 1 unspecified atom stereocenters. The maximum absolute atomic E-state index is 4.17. The summed E-state index contributed by atoms with van der Waals surface area (Å²) in [5, 5.41) is 4.15. The first-order valence-electron chi connectivity index (χ1n) is 9.08. The summed E-state index contributed by atoms with van der Waals surface area (Å²) in [6, 6.07) is 43.7. The lowest BCUT2D eigenvalue weighted by Crippen LogP contribution is -3.00. The second-order valence-electron chi connectivity index (χ2n) is 6.48. The van der Waals surface area contributed by atoms with E-state index in [4.69, 9.17) is 0 Å². The average molecular weight is 512 g/mol. The normalized spacial score (nSPS) is 12.0. The van der Waals surface area contributed by atoms with E-state index in [9.17, 15) is 0 Å². The number of hydrogen-bond donors (Lipinski definition) is 0. The second-order valence-corrected chi connectivity index (χ2v) is 11.6. The van der Waals surface area contributed by atoms with E-state index in [1.54, 1.807) is 0 Å². The van der Waals surface area contributed by atoms with Gasteiger partial charge in [-0.05, 0) is 52.3 Å². The van der Waals surface area contributed by atoms with E-state index in [0.717, 1.165) is 0 Å². The Morgan fingerprint density at radius 1 is 0.464 bits per heavy atom. The number of rotatable bonds is 5. The van der Waals surface area contributed by atoms with E-state index in [-0.39, 0.29) is 21.5 Å². The van der Waals surface area contributed by atoms with Crippen LogP contribution in [0.3, 0.4) is 0 Å². The highest BCUT2D eigenvalue weighted by atomic mass is 79.9. The van der Waals surface area contributed by atoms with Crippen LogP contribution in [0.15, 0.2) is 121 Å². The molecule has 28 heavy (non-hydrogen) atoms. The Kier molecular flexibility index (Phi) is 7.24. The third-order valence-corrected chi connectivity index (χ3v) is 11.6. The van der Waals surface area contributed by atoms with Crippen LogP contribution in [0.1, 0.15) is 10.1 Å². The lowest BCUT2D eigenvalue weighted by Gasteiger charge is -2.32. The van der Waals surface area contributed by atoms with E-state index in [1.807, 2.05) is 0 Å². The second kappa shape index (κ2) is 9.65. The molecule has 140 valence electrons. The fourth-order valence-electron chi connectivity index (χ4n) is 3.66. The number of benzene rings is 4. The summed E-state index contributed by atoms with van der Waals surface area (Å²) in [6.07, 6.45) is 0. The molecule has 0 aliphatic rings. The minimum Gasteiger partial charge on any atom is -1.00 e. The van der Waals surface area contributed by atoms with Crippen molar-refractivity contribution in [2.45, 2.75) is 4.57 Å². The SMILES string of the molecule is BrC(c1ccccc1)[P+](c1ccccc1)(c1ccccc1)c1ccccc1.[Br-]. The minimum atomic E-state index is -1.95. The zero-order valence-corrected chi connectivity index (χ0v) is 19.4. The first-order chi connectivity index (χ1) is 13.3. The number of alkyl halides is 1. The first kappa shape index (κ1) is 21.0. The highest BCUT2D eigenvalue weighted by Crippen LogP contribution is 2.69. The van der Waals surface area contributed by atoms with Gasteiger partial charge < -0.3 is 17.0 Å². The van der Waals surface area contributed by atoms with E-state index in [2.05, 4.69) is 137 Å². The van der Waals surface area contributed by atoms with Crippen LogP contribution in [0.25, 0.3) is 0 Å². The molecule has 0 amide bonds. The Hall–Kier alpha value is -1.73. The summed E-state index contributed by atoms with van der Waals surface area (Å²) in [7, 11) is -1.95. The predicted octanol–water partition coefficient (Wildman–Crippen LogP) is 3.08. The average Bonchev–Trinajstić information content (AvgIpc) is 2.77. The standard InChI is InChI=1S/C25H21BrP.BrH/c26-25(21-13-5-1-6-14-21)27(22-15-7-2-8-16-22,23-17-9-3-10-18-23)24-19-11-4-12-20-24;/h1-20,25H;1H/q+1;/p-1. The molecule has 0 spiro atoms. The number of halogens is 2. The molecule has 4 aromatic carbocycles. The molecule has 0 saturated heterocycles. The van der Waals surface area contributed by atoms with Crippen molar-refractivity contribution in [2.24, 2.45) is 0 Å². The quantitative estimate of drug-likeness (QED) is 0.285. The zero-order valence-electron chi connectivity index (χ0n) is 15.3. The van der Waals surface area contributed by atoms with Gasteiger partial charge in [-0.1, -0.05) is 84.9 Å². The van der Waals surface area contributed by atoms with Crippen molar-refractivity contribution in [3.63, 3.8) is 0 Å². The first-order valence-corrected chi connectivity index (χ1v) is 11.9. The molecular formula is C25H21Br2P. The summed E-state index contributed by atoms with van der Waals surface area (Å²) in [6.45, 7) is 0. The van der Waals surface area contributed by atoms with Crippen LogP contribution in [0.2, 0.25) is 0 Å². The van der Waals surface area contributed by atoms with E-state index >= 15 is 0 Å². The minimum absolute atomic E-state index is 0. The van der Waals surface area contributed by atoms with Crippen molar-refractivity contribution in [1.29, 1.82) is 0 Å². The van der Waals surface area contributed by atoms with Crippen LogP contribution in [0.4, 0.5) is 0 Å². The molecule has 0 N–H and O–H groups in total. The van der Waals surface area contributed by atoms with Crippen LogP contribution in [0.5, 0.6) is 0 Å². The van der Waals surface area contributed by atoms with Gasteiger partial charge in [-0.3, -0.25) is 0 Å². The Balaban J connectivity index is 0.00000225. The molecule has 0 radical (unpaired) electrons. The van der Waals surface area contributed by atoms with Gasteiger partial charge in [-0.25, -0.2) is 0 Å². The van der Waals surface area contributed by atoms with E-state index in [1.165, 1.54) is 21.5 Å².